The molecular weight excluding hydrogens is 232 g/mol. The maximum Gasteiger partial charge on any atom is 0.154 e. The van der Waals surface area contributed by atoms with Crippen molar-refractivity contribution in [3.05, 3.63) is 29.3 Å². The molecule has 1 aromatic rings. The topological polar surface area (TPSA) is 47.9 Å². The van der Waals surface area contributed by atoms with E-state index in [-0.39, 0.29) is 12.9 Å². The molecular formula is C14H22O4. The van der Waals surface area contributed by atoms with Crippen LogP contribution in [0.25, 0.3) is 0 Å². The smallest absolute Gasteiger partial charge is 0.154 e. The molecule has 0 saturated carbocycles. The van der Waals surface area contributed by atoms with Crippen molar-refractivity contribution >= 4 is 0 Å². The lowest BCUT2D eigenvalue weighted by atomic mass is 10.0. The minimum absolute atomic E-state index is 0.0296. The van der Waals surface area contributed by atoms with Crippen LogP contribution in [0.3, 0.4) is 0 Å². The highest BCUT2D eigenvalue weighted by Crippen LogP contribution is 2.19. The first kappa shape index (κ1) is 15.0. The van der Waals surface area contributed by atoms with Crippen molar-refractivity contribution in [2.24, 2.45) is 0 Å². The highest BCUT2D eigenvalue weighted by Gasteiger charge is 2.04. The third kappa shape index (κ3) is 4.64. The molecule has 1 unspecified atom stereocenters. The Labute approximate surface area is 108 Å². The average Bonchev–Trinajstić information content (AvgIpc) is 2.43. The normalized spacial score (nSPS) is 12.4. The van der Waals surface area contributed by atoms with Crippen molar-refractivity contribution in [1.29, 1.82) is 0 Å². The van der Waals surface area contributed by atoms with Crippen molar-refractivity contribution in [3.8, 4) is 5.75 Å². The van der Waals surface area contributed by atoms with Gasteiger partial charge in [0.2, 0.25) is 0 Å². The number of methoxy groups -OCH3 is 2. The summed E-state index contributed by atoms with van der Waals surface area (Å²) in [5.41, 5.74) is 2.04. The molecule has 0 aliphatic heterocycles. The second-order valence-corrected chi connectivity index (χ2v) is 4.07. The molecule has 0 radical (unpaired) electrons. The molecule has 0 bridgehead atoms. The van der Waals surface area contributed by atoms with Crippen molar-refractivity contribution in [2.45, 2.75) is 32.7 Å². The molecule has 102 valence electrons. The highest BCUT2D eigenvalue weighted by atomic mass is 16.7. The van der Waals surface area contributed by atoms with Crippen LogP contribution in [0.15, 0.2) is 18.2 Å². The zero-order valence-corrected chi connectivity index (χ0v) is 11.3. The zero-order chi connectivity index (χ0) is 13.4. The molecule has 0 spiro atoms. The number of aryl methyl sites for hydroxylation is 1. The van der Waals surface area contributed by atoms with Gasteiger partial charge in [0.25, 0.3) is 0 Å². The average molecular weight is 254 g/mol. The van der Waals surface area contributed by atoms with E-state index in [1.165, 1.54) is 0 Å². The first-order chi connectivity index (χ1) is 8.71. The van der Waals surface area contributed by atoms with Crippen LogP contribution >= 0.6 is 0 Å². The lowest BCUT2D eigenvalue weighted by Gasteiger charge is -2.12. The van der Waals surface area contributed by atoms with Gasteiger partial charge in [-0.15, -0.1) is 0 Å². The fourth-order valence-corrected chi connectivity index (χ4v) is 1.70. The first-order valence-electron chi connectivity index (χ1n) is 6.12. The van der Waals surface area contributed by atoms with Gasteiger partial charge in [-0.3, -0.25) is 0 Å². The summed E-state index contributed by atoms with van der Waals surface area (Å²) in [5.74, 6) is 0.770. The Morgan fingerprint density at radius 2 is 2.00 bits per heavy atom. The van der Waals surface area contributed by atoms with Crippen molar-refractivity contribution in [3.63, 3.8) is 0 Å². The lowest BCUT2D eigenvalue weighted by Crippen LogP contribution is -2.11. The van der Waals surface area contributed by atoms with Crippen LogP contribution in [0.5, 0.6) is 5.75 Å². The molecule has 0 fully saturated rings. The van der Waals surface area contributed by atoms with Gasteiger partial charge in [0, 0.05) is 7.11 Å². The molecule has 18 heavy (non-hydrogen) atoms. The SMILES string of the molecule is COc1ccc(CCCOC(C)OC)c(CO)c1. The fourth-order valence-electron chi connectivity index (χ4n) is 1.70. The Hall–Kier alpha value is -1.10. The van der Waals surface area contributed by atoms with Gasteiger partial charge >= 0.3 is 0 Å². The number of rotatable bonds is 8. The maximum atomic E-state index is 9.31. The van der Waals surface area contributed by atoms with Gasteiger partial charge in [0.05, 0.1) is 20.3 Å². The van der Waals surface area contributed by atoms with Crippen molar-refractivity contribution in [2.75, 3.05) is 20.8 Å². The maximum absolute atomic E-state index is 9.31. The van der Waals surface area contributed by atoms with E-state index in [1.807, 2.05) is 25.1 Å². The molecule has 0 aromatic heterocycles. The quantitative estimate of drug-likeness (QED) is 0.570. The third-order valence-corrected chi connectivity index (χ3v) is 2.86. The second-order valence-electron chi connectivity index (χ2n) is 4.07. The largest absolute Gasteiger partial charge is 0.497 e. The minimum Gasteiger partial charge on any atom is -0.497 e. The Bertz CT molecular complexity index is 352. The van der Waals surface area contributed by atoms with Gasteiger partial charge in [0.1, 0.15) is 5.75 Å². The van der Waals surface area contributed by atoms with E-state index in [1.54, 1.807) is 14.2 Å². The van der Waals surface area contributed by atoms with E-state index >= 15 is 0 Å². The summed E-state index contributed by atoms with van der Waals surface area (Å²) in [7, 11) is 3.24. The third-order valence-electron chi connectivity index (χ3n) is 2.86. The summed E-state index contributed by atoms with van der Waals surface area (Å²) >= 11 is 0. The minimum atomic E-state index is -0.168. The van der Waals surface area contributed by atoms with Crippen LogP contribution in [-0.4, -0.2) is 32.2 Å². The van der Waals surface area contributed by atoms with Gasteiger partial charge in [-0.05, 0) is 43.0 Å². The monoisotopic (exact) mass is 254 g/mol. The number of ether oxygens (including phenoxy) is 3. The Morgan fingerprint density at radius 3 is 2.61 bits per heavy atom. The fraction of sp³-hybridized carbons (Fsp3) is 0.571. The second kappa shape index (κ2) is 8.08. The molecule has 1 aromatic carbocycles. The molecule has 0 saturated heterocycles. The Balaban J connectivity index is 2.46. The molecule has 4 heteroatoms. The molecule has 0 aliphatic rings. The predicted octanol–water partition coefficient (Wildman–Crippen LogP) is 2.13. The van der Waals surface area contributed by atoms with Crippen LogP contribution in [0.4, 0.5) is 0 Å². The molecule has 0 aliphatic carbocycles. The lowest BCUT2D eigenvalue weighted by molar-refractivity contribution is -0.111. The summed E-state index contributed by atoms with van der Waals surface area (Å²) in [6.07, 6.45) is 1.60. The van der Waals surface area contributed by atoms with Crippen LogP contribution in [0.1, 0.15) is 24.5 Å². The molecule has 1 rings (SSSR count). The van der Waals surface area contributed by atoms with Gasteiger partial charge in [-0.25, -0.2) is 0 Å². The van der Waals surface area contributed by atoms with Gasteiger partial charge in [0.15, 0.2) is 6.29 Å². The van der Waals surface area contributed by atoms with Crippen molar-refractivity contribution in [1.82, 2.24) is 0 Å². The Morgan fingerprint density at radius 1 is 1.22 bits per heavy atom. The summed E-state index contributed by atoms with van der Waals surface area (Å²) < 4.78 is 15.6. The van der Waals surface area contributed by atoms with Crippen LogP contribution < -0.4 is 4.74 Å². The van der Waals surface area contributed by atoms with Gasteiger partial charge in [-0.1, -0.05) is 6.07 Å². The number of hydrogen-bond acceptors (Lipinski definition) is 4. The summed E-state index contributed by atoms with van der Waals surface area (Å²) in [6.45, 7) is 2.54. The van der Waals surface area contributed by atoms with E-state index in [0.29, 0.717) is 6.61 Å². The predicted molar refractivity (Wildman–Crippen MR) is 69.7 cm³/mol. The van der Waals surface area contributed by atoms with E-state index < -0.39 is 0 Å². The van der Waals surface area contributed by atoms with Crippen LogP contribution in [0, 0.1) is 0 Å². The van der Waals surface area contributed by atoms with Gasteiger partial charge < -0.3 is 19.3 Å². The zero-order valence-electron chi connectivity index (χ0n) is 11.3. The first-order valence-corrected chi connectivity index (χ1v) is 6.12. The number of benzene rings is 1. The number of aliphatic hydroxyl groups is 1. The van der Waals surface area contributed by atoms with E-state index in [4.69, 9.17) is 14.2 Å². The number of aliphatic hydroxyl groups excluding tert-OH is 1. The van der Waals surface area contributed by atoms with E-state index in [9.17, 15) is 5.11 Å². The molecule has 1 N–H and O–H groups in total. The van der Waals surface area contributed by atoms with Crippen LogP contribution in [-0.2, 0) is 22.5 Å². The molecule has 4 nitrogen and oxygen atoms in total. The van der Waals surface area contributed by atoms with Crippen molar-refractivity contribution < 1.29 is 19.3 Å². The van der Waals surface area contributed by atoms with E-state index in [0.717, 1.165) is 29.7 Å². The standard InChI is InChI=1S/C14H22O4/c1-11(16-2)18-8-4-5-12-6-7-14(17-3)9-13(12)10-15/h6-7,9,11,15H,4-5,8,10H2,1-3H3. The van der Waals surface area contributed by atoms with Crippen LogP contribution in [0.2, 0.25) is 0 Å². The summed E-state index contributed by atoms with van der Waals surface area (Å²) in [4.78, 5) is 0. The molecule has 0 amide bonds. The van der Waals surface area contributed by atoms with Gasteiger partial charge in [-0.2, -0.15) is 0 Å². The highest BCUT2D eigenvalue weighted by molar-refractivity contribution is 5.35. The molecule has 0 heterocycles. The summed E-state index contributed by atoms with van der Waals surface area (Å²) in [5, 5.41) is 9.31. The Kier molecular flexibility index (Phi) is 6.72. The summed E-state index contributed by atoms with van der Waals surface area (Å²) in [6, 6.07) is 5.77. The molecule has 1 atom stereocenters. The number of hydrogen-bond donors (Lipinski definition) is 1. The van der Waals surface area contributed by atoms with E-state index in [2.05, 4.69) is 0 Å².